The number of hydrogen-bond acceptors (Lipinski definition) is 5. The van der Waals surface area contributed by atoms with E-state index in [0.717, 1.165) is 70.6 Å². The maximum Gasteiger partial charge on any atom is 0.306 e. The molecule has 3 atom stereocenters. The molecule has 6 heteroatoms. The molecule has 0 fully saturated rings. The number of rotatable bonds is 44. The molecule has 0 aromatic heterocycles. The minimum absolute atomic E-state index is 0.0186. The summed E-state index contributed by atoms with van der Waals surface area (Å²) in [6.07, 6.45) is 59.7. The van der Waals surface area contributed by atoms with Gasteiger partial charge < -0.3 is 20.3 Å². The van der Waals surface area contributed by atoms with E-state index in [2.05, 4.69) is 62.5 Å². The summed E-state index contributed by atoms with van der Waals surface area (Å²) in [6, 6.07) is -0.730. The van der Waals surface area contributed by atoms with Crippen molar-refractivity contribution in [3.05, 3.63) is 72.9 Å². The molecule has 0 aliphatic carbocycles. The quantitative estimate of drug-likeness (QED) is 0.0323. The highest BCUT2D eigenvalue weighted by molar-refractivity contribution is 5.77. The number of unbranched alkanes of at least 4 members (excludes halogenated alkanes) is 24. The molecule has 0 heterocycles. The van der Waals surface area contributed by atoms with E-state index in [1.165, 1.54) is 116 Å². The van der Waals surface area contributed by atoms with Crippen molar-refractivity contribution in [1.82, 2.24) is 5.32 Å². The van der Waals surface area contributed by atoms with Gasteiger partial charge in [0, 0.05) is 6.42 Å². The molecule has 0 aromatic rings. The van der Waals surface area contributed by atoms with Crippen molar-refractivity contribution in [2.24, 2.45) is 0 Å². The number of allylic oxidation sites excluding steroid dienone is 12. The first-order valence-electron chi connectivity index (χ1n) is 25.2. The van der Waals surface area contributed by atoms with Crippen molar-refractivity contribution in [3.63, 3.8) is 0 Å². The normalized spacial score (nSPS) is 13.9. The van der Waals surface area contributed by atoms with Crippen LogP contribution in [-0.4, -0.2) is 46.9 Å². The molecule has 3 N–H and O–H groups in total. The van der Waals surface area contributed by atoms with Gasteiger partial charge in [0.05, 0.1) is 25.2 Å². The number of amides is 1. The van der Waals surface area contributed by atoms with Crippen LogP contribution in [0.4, 0.5) is 0 Å². The van der Waals surface area contributed by atoms with Gasteiger partial charge >= 0.3 is 5.97 Å². The minimum atomic E-state index is -0.811. The molecule has 6 nitrogen and oxygen atoms in total. The van der Waals surface area contributed by atoms with Crippen LogP contribution in [-0.2, 0) is 14.3 Å². The molecule has 1 amide bonds. The summed E-state index contributed by atoms with van der Waals surface area (Å²) in [6.45, 7) is 6.30. The number of hydrogen-bond donors (Lipinski definition) is 3. The van der Waals surface area contributed by atoms with Crippen molar-refractivity contribution in [3.8, 4) is 0 Å². The molecule has 0 radical (unpaired) electrons. The zero-order chi connectivity index (χ0) is 43.8. The van der Waals surface area contributed by atoms with Gasteiger partial charge in [-0.05, 0) is 64.2 Å². The predicted octanol–water partition coefficient (Wildman–Crippen LogP) is 15.0. The molecule has 0 rings (SSSR count). The molecule has 0 aliphatic rings. The highest BCUT2D eigenvalue weighted by Gasteiger charge is 2.24. The number of ether oxygens (including phenoxy) is 1. The zero-order valence-corrected chi connectivity index (χ0v) is 39.3. The molecule has 0 bridgehead atoms. The van der Waals surface area contributed by atoms with E-state index in [-0.39, 0.29) is 24.9 Å². The van der Waals surface area contributed by atoms with Gasteiger partial charge in [0.1, 0.15) is 6.10 Å². The van der Waals surface area contributed by atoms with Crippen LogP contribution in [0.15, 0.2) is 72.9 Å². The smallest absolute Gasteiger partial charge is 0.306 e. The SMILES string of the molecule is CC/C=C/C=C/C=C\C=C/CCCC(CC(=O)NC(CO)C(O)CCCCCCCCCCCCCCCC)OC(=O)CCCCC/C=C/C=C/CCCCCCCCC. The van der Waals surface area contributed by atoms with E-state index in [9.17, 15) is 19.8 Å². The average Bonchev–Trinajstić information content (AvgIpc) is 3.24. The second-order valence-electron chi connectivity index (χ2n) is 17.0. The molecular formula is C54H95NO5. The summed E-state index contributed by atoms with van der Waals surface area (Å²) in [4.78, 5) is 26.0. The maximum absolute atomic E-state index is 13.2. The van der Waals surface area contributed by atoms with Crippen molar-refractivity contribution < 1.29 is 24.5 Å². The second-order valence-corrected chi connectivity index (χ2v) is 17.0. The number of esters is 1. The van der Waals surface area contributed by atoms with E-state index in [0.29, 0.717) is 19.3 Å². The lowest BCUT2D eigenvalue weighted by atomic mass is 10.0. The average molecular weight is 838 g/mol. The lowest BCUT2D eigenvalue weighted by Gasteiger charge is -2.24. The Kier molecular flexibility index (Phi) is 45.2. The fraction of sp³-hybridized carbons (Fsp3) is 0.741. The van der Waals surface area contributed by atoms with E-state index in [1.807, 2.05) is 36.5 Å². The van der Waals surface area contributed by atoms with Crippen molar-refractivity contribution in [1.29, 1.82) is 0 Å². The Bertz CT molecular complexity index is 1120. The van der Waals surface area contributed by atoms with Crippen LogP contribution in [0.3, 0.4) is 0 Å². The summed E-state index contributed by atoms with van der Waals surface area (Å²) in [5, 5.41) is 23.7. The van der Waals surface area contributed by atoms with Crippen LogP contribution in [0, 0.1) is 0 Å². The first kappa shape index (κ1) is 57.3. The molecular weight excluding hydrogens is 743 g/mol. The summed E-state index contributed by atoms with van der Waals surface area (Å²) >= 11 is 0. The first-order valence-corrected chi connectivity index (χ1v) is 25.2. The summed E-state index contributed by atoms with van der Waals surface area (Å²) in [7, 11) is 0. The fourth-order valence-corrected chi connectivity index (χ4v) is 7.32. The van der Waals surface area contributed by atoms with Gasteiger partial charge in [-0.1, -0.05) is 229 Å². The monoisotopic (exact) mass is 838 g/mol. The van der Waals surface area contributed by atoms with Crippen LogP contribution in [0.1, 0.15) is 233 Å². The van der Waals surface area contributed by atoms with Gasteiger partial charge in [-0.2, -0.15) is 0 Å². The minimum Gasteiger partial charge on any atom is -0.462 e. The van der Waals surface area contributed by atoms with E-state index in [1.54, 1.807) is 0 Å². The third kappa shape index (κ3) is 42.0. The van der Waals surface area contributed by atoms with Gasteiger partial charge in [0.15, 0.2) is 0 Å². The fourth-order valence-electron chi connectivity index (χ4n) is 7.32. The number of aliphatic hydroxyl groups excluding tert-OH is 2. The van der Waals surface area contributed by atoms with Crippen LogP contribution in [0.2, 0.25) is 0 Å². The van der Waals surface area contributed by atoms with Crippen molar-refractivity contribution >= 4 is 11.9 Å². The second kappa shape index (κ2) is 47.4. The zero-order valence-electron chi connectivity index (χ0n) is 39.3. The van der Waals surface area contributed by atoms with E-state index >= 15 is 0 Å². The molecule has 60 heavy (non-hydrogen) atoms. The Morgan fingerprint density at radius 1 is 0.500 bits per heavy atom. The van der Waals surface area contributed by atoms with Gasteiger partial charge in [-0.25, -0.2) is 0 Å². The topological polar surface area (TPSA) is 95.9 Å². The Balaban J connectivity index is 4.64. The number of aliphatic hydroxyl groups is 2. The van der Waals surface area contributed by atoms with Crippen LogP contribution in [0.5, 0.6) is 0 Å². The summed E-state index contributed by atoms with van der Waals surface area (Å²) in [5.74, 6) is -0.576. The largest absolute Gasteiger partial charge is 0.462 e. The summed E-state index contributed by atoms with van der Waals surface area (Å²) in [5.41, 5.74) is 0. The highest BCUT2D eigenvalue weighted by atomic mass is 16.5. The van der Waals surface area contributed by atoms with Crippen LogP contribution < -0.4 is 5.32 Å². The predicted molar refractivity (Wildman–Crippen MR) is 259 cm³/mol. The molecule has 3 unspecified atom stereocenters. The molecule has 0 aliphatic heterocycles. The van der Waals surface area contributed by atoms with Crippen LogP contribution >= 0.6 is 0 Å². The molecule has 0 saturated carbocycles. The third-order valence-corrected chi connectivity index (χ3v) is 11.1. The Hall–Kier alpha value is -2.70. The molecule has 346 valence electrons. The number of carbonyl (C=O) groups is 2. The lowest BCUT2D eigenvalue weighted by Crippen LogP contribution is -2.46. The Morgan fingerprint density at radius 2 is 0.917 bits per heavy atom. The Morgan fingerprint density at radius 3 is 1.42 bits per heavy atom. The van der Waals surface area contributed by atoms with E-state index < -0.39 is 18.2 Å². The Labute approximate surface area is 371 Å². The number of nitrogens with one attached hydrogen (secondary N) is 1. The van der Waals surface area contributed by atoms with Crippen molar-refractivity contribution in [2.45, 2.75) is 251 Å². The van der Waals surface area contributed by atoms with Crippen molar-refractivity contribution in [2.75, 3.05) is 6.61 Å². The van der Waals surface area contributed by atoms with Gasteiger partial charge in [0.25, 0.3) is 0 Å². The van der Waals surface area contributed by atoms with Gasteiger partial charge in [0.2, 0.25) is 5.91 Å². The van der Waals surface area contributed by atoms with Gasteiger partial charge in [-0.15, -0.1) is 0 Å². The van der Waals surface area contributed by atoms with Gasteiger partial charge in [-0.3, -0.25) is 9.59 Å². The van der Waals surface area contributed by atoms with Crippen LogP contribution in [0.25, 0.3) is 0 Å². The summed E-state index contributed by atoms with van der Waals surface area (Å²) < 4.78 is 5.87. The standard InChI is InChI=1S/C54H95NO5/c1-4-7-10-13-16-19-22-24-26-27-29-32-35-38-41-44-47-54(59)60-50(45-42-39-36-33-30-21-18-15-12-9-6-3)48-53(58)55-51(49-56)52(57)46-43-40-37-34-31-28-25-23-20-17-14-11-8-5-2/h9,12,15,18,21,26-27,29-30,32-33,36,50-52,56-57H,4-8,10-11,13-14,16-17,19-20,22-25,28,31,34-35,37-49H2,1-3H3,(H,55,58)/b12-9+,18-15+,27-26+,30-21-,32-29+,36-33-. The number of carbonyl (C=O) groups excluding carboxylic acids is 2. The first-order chi connectivity index (χ1) is 29.5. The molecule has 0 aromatic carbocycles. The third-order valence-electron chi connectivity index (χ3n) is 11.1. The van der Waals surface area contributed by atoms with E-state index in [4.69, 9.17) is 4.74 Å². The molecule has 0 spiro atoms. The maximum atomic E-state index is 13.2. The molecule has 0 saturated heterocycles. The lowest BCUT2D eigenvalue weighted by molar-refractivity contribution is -0.151. The highest BCUT2D eigenvalue weighted by Crippen LogP contribution is 2.17.